The molecular weight excluding hydrogens is 287 g/mol. The van der Waals surface area contributed by atoms with E-state index < -0.39 is 0 Å². The minimum Gasteiger partial charge on any atom is -0.496 e. The molecule has 4 nitrogen and oxygen atoms in total. The summed E-state index contributed by atoms with van der Waals surface area (Å²) in [6.45, 7) is 1.30. The van der Waals surface area contributed by atoms with Gasteiger partial charge in [0.25, 0.3) is 0 Å². The van der Waals surface area contributed by atoms with Crippen molar-refractivity contribution in [2.24, 2.45) is 0 Å². The van der Waals surface area contributed by atoms with Gasteiger partial charge in [-0.05, 0) is 31.5 Å². The molecule has 0 aliphatic carbocycles. The van der Waals surface area contributed by atoms with Gasteiger partial charge >= 0.3 is 0 Å². The average Bonchev–Trinajstić information content (AvgIpc) is 2.90. The molecule has 0 aromatic heterocycles. The number of halogens is 2. The molecule has 1 fully saturated rings. The summed E-state index contributed by atoms with van der Waals surface area (Å²) in [5.41, 5.74) is 0.813. The van der Waals surface area contributed by atoms with Crippen molar-refractivity contribution in [3.05, 3.63) is 28.8 Å². The van der Waals surface area contributed by atoms with Crippen LogP contribution in [0.25, 0.3) is 0 Å². The van der Waals surface area contributed by atoms with Crippen LogP contribution in [0.3, 0.4) is 0 Å². The molecule has 2 N–H and O–H groups in total. The summed E-state index contributed by atoms with van der Waals surface area (Å²) in [7, 11) is 1.59. The molecule has 1 heterocycles. The number of nitrogens with one attached hydrogen (secondary N) is 2. The van der Waals surface area contributed by atoms with E-state index in [0.717, 1.165) is 24.9 Å². The van der Waals surface area contributed by atoms with Crippen molar-refractivity contribution in [2.75, 3.05) is 13.7 Å². The minimum absolute atomic E-state index is 0. The van der Waals surface area contributed by atoms with Crippen LogP contribution in [0.2, 0.25) is 5.02 Å². The monoisotopic (exact) mass is 304 g/mol. The van der Waals surface area contributed by atoms with Gasteiger partial charge in [0.2, 0.25) is 5.91 Å². The first-order chi connectivity index (χ1) is 8.72. The summed E-state index contributed by atoms with van der Waals surface area (Å²) < 4.78 is 5.23. The standard InChI is InChI=1S/C13H17ClN2O2.ClH/c1-18-12-6-2-4-10(14)9(12)8-16-13(17)11-5-3-7-15-11;/h2,4,6,11,15H,3,5,7-8H2,1H3,(H,16,17);1H/t11-;/m0./s1. The Balaban J connectivity index is 0.00000180. The highest BCUT2D eigenvalue weighted by Crippen LogP contribution is 2.25. The van der Waals surface area contributed by atoms with Gasteiger partial charge in [-0.1, -0.05) is 17.7 Å². The highest BCUT2D eigenvalue weighted by atomic mass is 35.5. The maximum absolute atomic E-state index is 11.9. The van der Waals surface area contributed by atoms with E-state index in [4.69, 9.17) is 16.3 Å². The van der Waals surface area contributed by atoms with Crippen LogP contribution in [0.15, 0.2) is 18.2 Å². The number of ether oxygens (including phenoxy) is 1. The second kappa shape index (κ2) is 7.58. The van der Waals surface area contributed by atoms with E-state index in [1.54, 1.807) is 13.2 Å². The van der Waals surface area contributed by atoms with E-state index in [-0.39, 0.29) is 24.4 Å². The van der Waals surface area contributed by atoms with Crippen LogP contribution in [0.5, 0.6) is 5.75 Å². The Morgan fingerprint density at radius 2 is 2.37 bits per heavy atom. The third-order valence-electron chi connectivity index (χ3n) is 3.11. The molecule has 0 radical (unpaired) electrons. The second-order valence-corrected chi connectivity index (χ2v) is 4.69. The highest BCUT2D eigenvalue weighted by molar-refractivity contribution is 6.31. The first-order valence-electron chi connectivity index (χ1n) is 6.05. The molecular formula is C13H18Cl2N2O2. The maximum Gasteiger partial charge on any atom is 0.237 e. The van der Waals surface area contributed by atoms with Gasteiger partial charge < -0.3 is 15.4 Å². The molecule has 2 rings (SSSR count). The summed E-state index contributed by atoms with van der Waals surface area (Å²) in [6, 6.07) is 5.38. The van der Waals surface area contributed by atoms with Gasteiger partial charge in [0.05, 0.1) is 13.2 Å². The fourth-order valence-corrected chi connectivity index (χ4v) is 2.34. The molecule has 0 saturated carbocycles. The molecule has 1 atom stereocenters. The van der Waals surface area contributed by atoms with Crippen LogP contribution in [-0.2, 0) is 11.3 Å². The van der Waals surface area contributed by atoms with E-state index in [9.17, 15) is 4.79 Å². The number of hydrogen-bond acceptors (Lipinski definition) is 3. The molecule has 0 spiro atoms. The Bertz CT molecular complexity index is 435. The summed E-state index contributed by atoms with van der Waals surface area (Å²) >= 11 is 6.10. The van der Waals surface area contributed by atoms with Crippen molar-refractivity contribution in [1.29, 1.82) is 0 Å². The lowest BCUT2D eigenvalue weighted by Gasteiger charge is -2.14. The predicted octanol–water partition coefficient (Wildman–Crippen LogP) is 2.14. The zero-order valence-electron chi connectivity index (χ0n) is 10.7. The van der Waals surface area contributed by atoms with E-state index in [1.165, 1.54) is 0 Å². The molecule has 106 valence electrons. The Kier molecular flexibility index (Phi) is 6.42. The predicted molar refractivity (Wildman–Crippen MR) is 78.1 cm³/mol. The lowest BCUT2D eigenvalue weighted by atomic mass is 10.1. The van der Waals surface area contributed by atoms with Gasteiger partial charge in [0.1, 0.15) is 5.75 Å². The lowest BCUT2D eigenvalue weighted by Crippen LogP contribution is -2.40. The van der Waals surface area contributed by atoms with E-state index >= 15 is 0 Å². The number of carbonyl (C=O) groups is 1. The van der Waals surface area contributed by atoms with Gasteiger partial charge in [-0.15, -0.1) is 12.4 Å². The first-order valence-corrected chi connectivity index (χ1v) is 6.42. The minimum atomic E-state index is -0.0708. The first kappa shape index (κ1) is 16.1. The SMILES string of the molecule is COc1cccc(Cl)c1CNC(=O)[C@@H]1CCCN1.Cl. The number of amides is 1. The van der Waals surface area contributed by atoms with Gasteiger partial charge in [-0.3, -0.25) is 4.79 Å². The zero-order chi connectivity index (χ0) is 13.0. The van der Waals surface area contributed by atoms with Crippen LogP contribution in [0, 0.1) is 0 Å². The van der Waals surface area contributed by atoms with Crippen molar-refractivity contribution < 1.29 is 9.53 Å². The Labute approximate surface area is 124 Å². The Morgan fingerprint density at radius 1 is 1.58 bits per heavy atom. The Hall–Kier alpha value is -0.970. The topological polar surface area (TPSA) is 50.4 Å². The van der Waals surface area contributed by atoms with Crippen LogP contribution in [-0.4, -0.2) is 25.6 Å². The average molecular weight is 305 g/mol. The van der Waals surface area contributed by atoms with Crippen molar-refractivity contribution in [3.8, 4) is 5.75 Å². The van der Waals surface area contributed by atoms with Crippen molar-refractivity contribution in [1.82, 2.24) is 10.6 Å². The van der Waals surface area contributed by atoms with Gasteiger partial charge in [0, 0.05) is 17.1 Å². The number of benzene rings is 1. The van der Waals surface area contributed by atoms with Gasteiger partial charge in [-0.25, -0.2) is 0 Å². The quantitative estimate of drug-likeness (QED) is 0.896. The molecule has 0 unspecified atom stereocenters. The molecule has 1 saturated heterocycles. The van der Waals surface area contributed by atoms with Crippen LogP contribution in [0.1, 0.15) is 18.4 Å². The number of methoxy groups -OCH3 is 1. The number of carbonyl (C=O) groups excluding carboxylic acids is 1. The van der Waals surface area contributed by atoms with Crippen LogP contribution >= 0.6 is 24.0 Å². The summed E-state index contributed by atoms with van der Waals surface area (Å²) in [5.74, 6) is 0.719. The smallest absolute Gasteiger partial charge is 0.237 e. The van der Waals surface area contributed by atoms with Gasteiger partial charge in [0.15, 0.2) is 0 Å². The fourth-order valence-electron chi connectivity index (χ4n) is 2.11. The van der Waals surface area contributed by atoms with E-state index in [0.29, 0.717) is 17.3 Å². The van der Waals surface area contributed by atoms with Crippen molar-refractivity contribution >= 4 is 29.9 Å². The molecule has 19 heavy (non-hydrogen) atoms. The van der Waals surface area contributed by atoms with Crippen LogP contribution < -0.4 is 15.4 Å². The molecule has 1 aromatic rings. The molecule has 1 aliphatic heterocycles. The second-order valence-electron chi connectivity index (χ2n) is 4.29. The summed E-state index contributed by atoms with van der Waals surface area (Å²) in [6.07, 6.45) is 1.94. The molecule has 6 heteroatoms. The highest BCUT2D eigenvalue weighted by Gasteiger charge is 2.22. The van der Waals surface area contributed by atoms with E-state index in [2.05, 4.69) is 10.6 Å². The normalized spacial score (nSPS) is 17.7. The van der Waals surface area contributed by atoms with Crippen molar-refractivity contribution in [3.63, 3.8) is 0 Å². The largest absolute Gasteiger partial charge is 0.496 e. The zero-order valence-corrected chi connectivity index (χ0v) is 12.3. The molecule has 1 aliphatic rings. The molecule has 1 aromatic carbocycles. The van der Waals surface area contributed by atoms with Crippen molar-refractivity contribution in [2.45, 2.75) is 25.4 Å². The molecule has 0 bridgehead atoms. The van der Waals surface area contributed by atoms with Gasteiger partial charge in [-0.2, -0.15) is 0 Å². The lowest BCUT2D eigenvalue weighted by molar-refractivity contribution is -0.122. The summed E-state index contributed by atoms with van der Waals surface area (Å²) in [5, 5.41) is 6.66. The summed E-state index contributed by atoms with van der Waals surface area (Å²) in [4.78, 5) is 11.9. The van der Waals surface area contributed by atoms with E-state index in [1.807, 2.05) is 12.1 Å². The fraction of sp³-hybridized carbons (Fsp3) is 0.462. The van der Waals surface area contributed by atoms with Crippen LogP contribution in [0.4, 0.5) is 0 Å². The third-order valence-corrected chi connectivity index (χ3v) is 3.47. The maximum atomic E-state index is 11.9. The number of hydrogen-bond donors (Lipinski definition) is 2. The Morgan fingerprint density at radius 3 is 3.00 bits per heavy atom. The third kappa shape index (κ3) is 4.00. The molecule has 1 amide bonds. The number of rotatable bonds is 4.